The van der Waals surface area contributed by atoms with Gasteiger partial charge in [-0.05, 0) is 19.4 Å². The number of carbonyl (C=O) groups is 1. The maximum Gasteiger partial charge on any atom is 0.242 e. The molecule has 8 heteroatoms. The van der Waals surface area contributed by atoms with Crippen molar-refractivity contribution in [2.75, 3.05) is 18.1 Å². The van der Waals surface area contributed by atoms with Crippen LogP contribution in [0.5, 0.6) is 5.75 Å². The topological polar surface area (TPSA) is 75.7 Å². The van der Waals surface area contributed by atoms with Crippen molar-refractivity contribution in [2.24, 2.45) is 0 Å². The quantitative estimate of drug-likeness (QED) is 0.906. The monoisotopic (exact) mass is 346 g/mol. The summed E-state index contributed by atoms with van der Waals surface area (Å²) in [5, 5.41) is 0.0614. The normalized spacial score (nSPS) is 15.9. The Labute approximate surface area is 135 Å². The molecule has 1 aliphatic heterocycles. The van der Waals surface area contributed by atoms with Gasteiger partial charge in [-0.1, -0.05) is 18.5 Å². The summed E-state index contributed by atoms with van der Waals surface area (Å²) in [6.07, 6.45) is 0.663. The van der Waals surface area contributed by atoms with E-state index in [-0.39, 0.29) is 21.9 Å². The van der Waals surface area contributed by atoms with E-state index >= 15 is 0 Å². The van der Waals surface area contributed by atoms with Gasteiger partial charge in [0.05, 0.1) is 17.3 Å². The zero-order valence-electron chi connectivity index (χ0n) is 12.7. The van der Waals surface area contributed by atoms with E-state index in [1.807, 2.05) is 6.92 Å². The molecular weight excluding hydrogens is 328 g/mol. The van der Waals surface area contributed by atoms with Gasteiger partial charge in [-0.3, -0.25) is 4.79 Å². The van der Waals surface area contributed by atoms with Gasteiger partial charge in [0, 0.05) is 19.0 Å². The number of anilines is 1. The molecule has 1 N–H and O–H groups in total. The van der Waals surface area contributed by atoms with Gasteiger partial charge in [-0.25, -0.2) is 13.1 Å². The fraction of sp³-hybridized carbons (Fsp3) is 0.500. The molecule has 1 atom stereocenters. The number of ether oxygens (including phenoxy) is 1. The molecule has 0 bridgehead atoms. The van der Waals surface area contributed by atoms with Crippen molar-refractivity contribution in [3.63, 3.8) is 0 Å². The summed E-state index contributed by atoms with van der Waals surface area (Å²) < 4.78 is 32.8. The summed E-state index contributed by atoms with van der Waals surface area (Å²) in [6, 6.07) is 2.63. The molecule has 0 saturated heterocycles. The molecule has 1 heterocycles. The Bertz CT molecular complexity index is 690. The molecule has 6 nitrogen and oxygen atoms in total. The van der Waals surface area contributed by atoms with Gasteiger partial charge >= 0.3 is 0 Å². The summed E-state index contributed by atoms with van der Waals surface area (Å²) in [5.74, 6) is 0.198. The van der Waals surface area contributed by atoms with Gasteiger partial charge in [0.1, 0.15) is 17.3 Å². The van der Waals surface area contributed by atoms with Crippen LogP contribution in [0, 0.1) is 0 Å². The third-order valence-corrected chi connectivity index (χ3v) is 5.57. The summed E-state index contributed by atoms with van der Waals surface area (Å²) in [7, 11) is -3.74. The van der Waals surface area contributed by atoms with Gasteiger partial charge in [0.2, 0.25) is 15.9 Å². The highest BCUT2D eigenvalue weighted by molar-refractivity contribution is 7.89. The maximum absolute atomic E-state index is 12.4. The van der Waals surface area contributed by atoms with Crippen LogP contribution in [0.15, 0.2) is 17.0 Å². The van der Waals surface area contributed by atoms with Crippen LogP contribution in [0.4, 0.5) is 5.69 Å². The number of sulfonamides is 1. The Balaban J connectivity index is 2.47. The molecule has 0 aliphatic carbocycles. The summed E-state index contributed by atoms with van der Waals surface area (Å²) in [6.45, 7) is 5.83. The highest BCUT2D eigenvalue weighted by Crippen LogP contribution is 2.38. The van der Waals surface area contributed by atoms with Crippen LogP contribution in [0.1, 0.15) is 27.2 Å². The lowest BCUT2D eigenvalue weighted by Gasteiger charge is -2.29. The second-order valence-electron chi connectivity index (χ2n) is 5.20. The molecule has 0 aromatic heterocycles. The highest BCUT2D eigenvalue weighted by atomic mass is 35.5. The lowest BCUT2D eigenvalue weighted by Crippen LogP contribution is -2.37. The molecule has 22 heavy (non-hydrogen) atoms. The Hall–Kier alpha value is -1.31. The second kappa shape index (κ2) is 6.44. The number of nitrogens with zero attached hydrogens (tertiary/aromatic N) is 1. The average Bonchev–Trinajstić information content (AvgIpc) is 2.44. The minimum absolute atomic E-state index is 0.0429. The molecule has 1 unspecified atom stereocenters. The van der Waals surface area contributed by atoms with E-state index in [0.29, 0.717) is 31.0 Å². The van der Waals surface area contributed by atoms with Crippen molar-refractivity contribution < 1.29 is 17.9 Å². The van der Waals surface area contributed by atoms with Gasteiger partial charge in [-0.15, -0.1) is 0 Å². The van der Waals surface area contributed by atoms with Crippen molar-refractivity contribution >= 4 is 33.2 Å². The van der Waals surface area contributed by atoms with Crippen molar-refractivity contribution in [2.45, 2.75) is 38.1 Å². The van der Waals surface area contributed by atoms with Crippen LogP contribution in [0.2, 0.25) is 5.02 Å². The standard InChI is InChI=1S/C14H19ClN2O4S/c1-4-9(2)16-22(19,20)14-8-13-12(7-11(14)15)17(10(3)18)5-6-21-13/h7-9,16H,4-6H2,1-3H3. The molecule has 1 amide bonds. The molecule has 1 aliphatic rings. The van der Waals surface area contributed by atoms with Crippen LogP contribution in [0.3, 0.4) is 0 Å². The number of fused-ring (bicyclic) bond motifs is 1. The molecule has 1 aromatic rings. The number of carbonyl (C=O) groups excluding carboxylic acids is 1. The highest BCUT2D eigenvalue weighted by Gasteiger charge is 2.27. The zero-order chi connectivity index (χ0) is 16.5. The molecule has 1 aromatic carbocycles. The maximum atomic E-state index is 12.4. The van der Waals surface area contributed by atoms with E-state index in [4.69, 9.17) is 16.3 Å². The van der Waals surface area contributed by atoms with Crippen LogP contribution < -0.4 is 14.4 Å². The molecule has 122 valence electrons. The molecule has 0 radical (unpaired) electrons. The van der Waals surface area contributed by atoms with Crippen LogP contribution >= 0.6 is 11.6 Å². The van der Waals surface area contributed by atoms with Crippen molar-refractivity contribution in [1.82, 2.24) is 4.72 Å². The predicted molar refractivity (Wildman–Crippen MR) is 85.0 cm³/mol. The smallest absolute Gasteiger partial charge is 0.242 e. The minimum atomic E-state index is -3.74. The van der Waals surface area contributed by atoms with E-state index in [1.165, 1.54) is 24.0 Å². The van der Waals surface area contributed by atoms with Crippen molar-refractivity contribution in [1.29, 1.82) is 0 Å². The van der Waals surface area contributed by atoms with E-state index < -0.39 is 10.0 Å². The Morgan fingerprint density at radius 2 is 2.18 bits per heavy atom. The third-order valence-electron chi connectivity index (χ3n) is 3.52. The third kappa shape index (κ3) is 3.37. The first kappa shape index (κ1) is 17.1. The molecule has 0 spiro atoms. The fourth-order valence-corrected chi connectivity index (χ4v) is 4.03. The van der Waals surface area contributed by atoms with Crippen molar-refractivity contribution in [3.8, 4) is 5.75 Å². The molecule has 0 saturated carbocycles. The molecular formula is C14H19ClN2O4S. The summed E-state index contributed by atoms with van der Waals surface area (Å²) >= 11 is 6.13. The first-order valence-corrected chi connectivity index (χ1v) is 8.89. The van der Waals surface area contributed by atoms with E-state index in [9.17, 15) is 13.2 Å². The largest absolute Gasteiger partial charge is 0.489 e. The Kier molecular flexibility index (Phi) is 4.99. The minimum Gasteiger partial charge on any atom is -0.489 e. The lowest BCUT2D eigenvalue weighted by molar-refractivity contribution is -0.116. The van der Waals surface area contributed by atoms with Gasteiger partial charge < -0.3 is 9.64 Å². The zero-order valence-corrected chi connectivity index (χ0v) is 14.3. The van der Waals surface area contributed by atoms with Crippen molar-refractivity contribution in [3.05, 3.63) is 17.2 Å². The predicted octanol–water partition coefficient (Wildman–Crippen LogP) is 2.16. The number of rotatable bonds is 4. The molecule has 2 rings (SSSR count). The number of nitrogens with one attached hydrogen (secondary N) is 1. The Morgan fingerprint density at radius 1 is 1.50 bits per heavy atom. The number of hydrogen-bond donors (Lipinski definition) is 1. The summed E-state index contributed by atoms with van der Waals surface area (Å²) in [5.41, 5.74) is 0.492. The van der Waals surface area contributed by atoms with Crippen LogP contribution in [-0.4, -0.2) is 33.5 Å². The van der Waals surface area contributed by atoms with E-state index in [1.54, 1.807) is 6.92 Å². The van der Waals surface area contributed by atoms with E-state index in [2.05, 4.69) is 4.72 Å². The SMILES string of the molecule is CCC(C)NS(=O)(=O)c1cc2c(cc1Cl)N(C(C)=O)CCO2. The van der Waals surface area contributed by atoms with Gasteiger partial charge in [-0.2, -0.15) is 0 Å². The number of amides is 1. The number of hydrogen-bond acceptors (Lipinski definition) is 4. The van der Waals surface area contributed by atoms with Crippen LogP contribution in [0.25, 0.3) is 0 Å². The summed E-state index contributed by atoms with van der Waals surface area (Å²) in [4.78, 5) is 13.1. The fourth-order valence-electron chi connectivity index (χ4n) is 2.16. The second-order valence-corrected chi connectivity index (χ2v) is 7.29. The number of benzene rings is 1. The van der Waals surface area contributed by atoms with E-state index in [0.717, 1.165) is 0 Å². The first-order chi connectivity index (χ1) is 10.3. The number of halogens is 1. The van der Waals surface area contributed by atoms with Crippen LogP contribution in [-0.2, 0) is 14.8 Å². The Morgan fingerprint density at radius 3 is 2.77 bits per heavy atom. The van der Waals surface area contributed by atoms with Gasteiger partial charge in [0.15, 0.2) is 0 Å². The lowest BCUT2D eigenvalue weighted by atomic mass is 10.2. The first-order valence-electron chi connectivity index (χ1n) is 7.03. The molecule has 0 fully saturated rings. The average molecular weight is 347 g/mol. The van der Waals surface area contributed by atoms with Gasteiger partial charge in [0.25, 0.3) is 0 Å².